The standard InChI is InChI=1S/C20H20N4O2S/c25-19(14-2-4-18-13(7-14)5-6-21-18)23-8-15-1-3-17(10-23)24(20(15)26)9-16-11-27-12-22-16/h2,4-7,11-12,15,17,21H,1,3,8-10H2/t15-,17+/m0/s1. The van der Waals surface area contributed by atoms with Gasteiger partial charge >= 0.3 is 0 Å². The molecule has 2 bridgehead atoms. The van der Waals surface area contributed by atoms with Crippen LogP contribution in [0.2, 0.25) is 0 Å². The summed E-state index contributed by atoms with van der Waals surface area (Å²) in [5, 5.41) is 3.01. The smallest absolute Gasteiger partial charge is 0.253 e. The number of rotatable bonds is 3. The number of aromatic nitrogens is 2. The molecule has 3 aliphatic heterocycles. The van der Waals surface area contributed by atoms with Crippen molar-refractivity contribution in [1.29, 1.82) is 0 Å². The van der Waals surface area contributed by atoms with E-state index >= 15 is 0 Å². The molecule has 27 heavy (non-hydrogen) atoms. The van der Waals surface area contributed by atoms with Gasteiger partial charge in [0.1, 0.15) is 0 Å². The summed E-state index contributed by atoms with van der Waals surface area (Å²) in [6.07, 6.45) is 3.68. The lowest BCUT2D eigenvalue weighted by Gasteiger charge is -2.35. The molecular formula is C20H20N4O2S. The van der Waals surface area contributed by atoms with Crippen LogP contribution in [-0.2, 0) is 11.3 Å². The molecule has 0 spiro atoms. The highest BCUT2D eigenvalue weighted by molar-refractivity contribution is 7.07. The van der Waals surface area contributed by atoms with Crippen LogP contribution in [0.25, 0.3) is 10.9 Å². The number of piperidine rings is 1. The number of fused-ring (bicyclic) bond motifs is 5. The summed E-state index contributed by atoms with van der Waals surface area (Å²) in [6.45, 7) is 1.64. The third-order valence-corrected chi connectivity index (χ3v) is 6.33. The SMILES string of the molecule is O=C(c1ccc2[nH]ccc2c1)N1C[C@@H]2CC[C@H](C1)N(Cc1cscn1)C2=O. The summed E-state index contributed by atoms with van der Waals surface area (Å²) in [5.41, 5.74) is 4.42. The second-order valence-electron chi connectivity index (χ2n) is 7.36. The van der Waals surface area contributed by atoms with Crippen molar-refractivity contribution in [2.24, 2.45) is 5.92 Å². The minimum absolute atomic E-state index is 0.0123. The molecule has 3 aromatic rings. The Morgan fingerprint density at radius 2 is 2.19 bits per heavy atom. The fourth-order valence-corrected chi connectivity index (χ4v) is 4.82. The summed E-state index contributed by atoms with van der Waals surface area (Å²) >= 11 is 1.54. The molecule has 3 saturated heterocycles. The zero-order chi connectivity index (χ0) is 18.4. The molecule has 1 aromatic carbocycles. The molecule has 2 amide bonds. The number of H-pyrrole nitrogens is 1. The van der Waals surface area contributed by atoms with E-state index in [2.05, 4.69) is 9.97 Å². The Hall–Kier alpha value is -2.67. The molecule has 2 aromatic heterocycles. The monoisotopic (exact) mass is 380 g/mol. The number of carbonyl (C=O) groups excluding carboxylic acids is 2. The molecule has 5 heterocycles. The average Bonchev–Trinajstić information content (AvgIpc) is 3.29. The van der Waals surface area contributed by atoms with Gasteiger partial charge in [-0.2, -0.15) is 0 Å². The van der Waals surface area contributed by atoms with Crippen LogP contribution in [0.1, 0.15) is 28.9 Å². The average molecular weight is 380 g/mol. The van der Waals surface area contributed by atoms with Gasteiger partial charge in [0.15, 0.2) is 0 Å². The fourth-order valence-electron chi connectivity index (χ4n) is 4.27. The van der Waals surface area contributed by atoms with Crippen molar-refractivity contribution < 1.29 is 9.59 Å². The molecule has 3 fully saturated rings. The first-order valence-electron chi connectivity index (χ1n) is 9.23. The molecule has 0 radical (unpaired) electrons. The van der Waals surface area contributed by atoms with Gasteiger partial charge < -0.3 is 14.8 Å². The van der Waals surface area contributed by atoms with Crippen LogP contribution in [0.3, 0.4) is 0 Å². The Kier molecular flexibility index (Phi) is 3.97. The molecule has 7 heteroatoms. The fraction of sp³-hybridized carbons (Fsp3) is 0.350. The Morgan fingerprint density at radius 1 is 1.26 bits per heavy atom. The first kappa shape index (κ1) is 16.5. The third-order valence-electron chi connectivity index (χ3n) is 5.70. The minimum Gasteiger partial charge on any atom is -0.361 e. The van der Waals surface area contributed by atoms with Gasteiger partial charge in [0, 0.05) is 47.2 Å². The van der Waals surface area contributed by atoms with Gasteiger partial charge in [-0.3, -0.25) is 9.59 Å². The highest BCUT2D eigenvalue weighted by Gasteiger charge is 2.42. The van der Waals surface area contributed by atoms with Gasteiger partial charge in [0.25, 0.3) is 5.91 Å². The van der Waals surface area contributed by atoms with Crippen molar-refractivity contribution in [3.8, 4) is 0 Å². The quantitative estimate of drug-likeness (QED) is 0.760. The Labute approximate surface area is 160 Å². The number of thiazole rings is 1. The molecule has 0 saturated carbocycles. The maximum Gasteiger partial charge on any atom is 0.253 e. The second kappa shape index (κ2) is 6.49. The van der Waals surface area contributed by atoms with E-state index in [1.165, 1.54) is 0 Å². The van der Waals surface area contributed by atoms with Gasteiger partial charge in [-0.25, -0.2) is 4.98 Å². The van der Waals surface area contributed by atoms with Crippen molar-refractivity contribution in [1.82, 2.24) is 19.8 Å². The maximum absolute atomic E-state index is 13.1. The lowest BCUT2D eigenvalue weighted by atomic mass is 9.94. The van der Waals surface area contributed by atoms with Crippen molar-refractivity contribution in [3.05, 3.63) is 52.6 Å². The number of nitrogens with zero attached hydrogens (tertiary/aromatic N) is 3. The van der Waals surface area contributed by atoms with E-state index in [4.69, 9.17) is 0 Å². The van der Waals surface area contributed by atoms with Crippen LogP contribution in [0, 0.1) is 5.92 Å². The lowest BCUT2D eigenvalue weighted by Crippen LogP contribution is -2.47. The van der Waals surface area contributed by atoms with Gasteiger partial charge in [0.2, 0.25) is 5.91 Å². The van der Waals surface area contributed by atoms with Crippen LogP contribution < -0.4 is 0 Å². The molecule has 0 unspecified atom stereocenters. The van der Waals surface area contributed by atoms with Crippen LogP contribution in [0.5, 0.6) is 0 Å². The molecule has 3 aliphatic rings. The largest absolute Gasteiger partial charge is 0.361 e. The van der Waals surface area contributed by atoms with E-state index in [9.17, 15) is 9.59 Å². The van der Waals surface area contributed by atoms with Crippen molar-refractivity contribution >= 4 is 34.1 Å². The predicted molar refractivity (Wildman–Crippen MR) is 103 cm³/mol. The Morgan fingerprint density at radius 3 is 3.04 bits per heavy atom. The molecule has 6 nitrogen and oxygen atoms in total. The highest BCUT2D eigenvalue weighted by atomic mass is 32.1. The number of nitrogens with one attached hydrogen (secondary N) is 1. The number of amides is 2. The zero-order valence-electron chi connectivity index (χ0n) is 14.8. The summed E-state index contributed by atoms with van der Waals surface area (Å²) in [7, 11) is 0. The lowest BCUT2D eigenvalue weighted by molar-refractivity contribution is -0.140. The Bertz CT molecular complexity index is 997. The molecule has 6 rings (SSSR count). The van der Waals surface area contributed by atoms with Crippen LogP contribution in [-0.4, -0.2) is 50.7 Å². The molecule has 2 atom stereocenters. The minimum atomic E-state index is -0.109. The van der Waals surface area contributed by atoms with Gasteiger partial charge in [-0.05, 0) is 37.1 Å². The van der Waals surface area contributed by atoms with E-state index < -0.39 is 0 Å². The molecule has 0 aliphatic carbocycles. The molecule has 1 N–H and O–H groups in total. The summed E-state index contributed by atoms with van der Waals surface area (Å²) in [5.74, 6) is 0.0660. The maximum atomic E-state index is 13.1. The normalized spacial score (nSPS) is 22.4. The van der Waals surface area contributed by atoms with E-state index in [-0.39, 0.29) is 23.8 Å². The summed E-state index contributed by atoms with van der Waals surface area (Å²) in [6, 6.07) is 7.77. The second-order valence-corrected chi connectivity index (χ2v) is 8.08. The van der Waals surface area contributed by atoms with E-state index in [0.29, 0.717) is 25.2 Å². The number of benzene rings is 1. The van der Waals surface area contributed by atoms with Crippen LogP contribution >= 0.6 is 11.3 Å². The number of aromatic amines is 1. The van der Waals surface area contributed by atoms with E-state index in [0.717, 1.165) is 29.4 Å². The summed E-state index contributed by atoms with van der Waals surface area (Å²) < 4.78 is 0. The number of carbonyl (C=O) groups is 2. The third kappa shape index (κ3) is 2.92. The van der Waals surface area contributed by atoms with Crippen molar-refractivity contribution in [2.75, 3.05) is 13.1 Å². The van der Waals surface area contributed by atoms with E-state index in [1.807, 2.05) is 45.6 Å². The van der Waals surface area contributed by atoms with Crippen molar-refractivity contribution in [2.45, 2.75) is 25.4 Å². The number of hydrogen-bond donors (Lipinski definition) is 1. The topological polar surface area (TPSA) is 69.3 Å². The summed E-state index contributed by atoms with van der Waals surface area (Å²) in [4.78, 5) is 37.4. The van der Waals surface area contributed by atoms with Gasteiger partial charge in [0.05, 0.1) is 23.7 Å². The zero-order valence-corrected chi connectivity index (χ0v) is 15.6. The first-order chi connectivity index (χ1) is 13.2. The first-order valence-corrected chi connectivity index (χ1v) is 10.2. The van der Waals surface area contributed by atoms with Crippen LogP contribution in [0.15, 0.2) is 41.4 Å². The van der Waals surface area contributed by atoms with Crippen molar-refractivity contribution in [3.63, 3.8) is 0 Å². The Balaban J connectivity index is 1.40. The highest BCUT2D eigenvalue weighted by Crippen LogP contribution is 2.31. The molecular weight excluding hydrogens is 360 g/mol. The van der Waals surface area contributed by atoms with Gasteiger partial charge in [-0.1, -0.05) is 0 Å². The predicted octanol–water partition coefficient (Wildman–Crippen LogP) is 2.89. The van der Waals surface area contributed by atoms with Crippen LogP contribution in [0.4, 0.5) is 0 Å². The van der Waals surface area contributed by atoms with Gasteiger partial charge in [-0.15, -0.1) is 11.3 Å². The molecule has 138 valence electrons. The number of hydrogen-bond acceptors (Lipinski definition) is 4. The van der Waals surface area contributed by atoms with E-state index in [1.54, 1.807) is 16.8 Å².